The molecule has 0 aliphatic carbocycles. The van der Waals surface area contributed by atoms with Crippen LogP contribution in [0.2, 0.25) is 0 Å². The van der Waals surface area contributed by atoms with E-state index in [1.165, 1.54) is 5.48 Å². The molecule has 170 valence electrons. The molecule has 0 spiro atoms. The molecule has 3 amide bonds. The fraction of sp³-hybridized carbons (Fsp3) is 0.217. The molecule has 0 unspecified atom stereocenters. The Labute approximate surface area is 191 Å². The maximum Gasteiger partial charge on any atom is 0.267 e. The van der Waals surface area contributed by atoms with Crippen LogP contribution in [0.15, 0.2) is 48.5 Å². The van der Waals surface area contributed by atoms with Gasteiger partial charge in [-0.1, -0.05) is 11.8 Å². The lowest BCUT2D eigenvalue weighted by Gasteiger charge is -2.14. The van der Waals surface area contributed by atoms with Crippen molar-refractivity contribution in [1.29, 1.82) is 5.26 Å². The first-order valence-corrected chi connectivity index (χ1v) is 10.0. The maximum atomic E-state index is 12.2. The highest BCUT2D eigenvalue weighted by Gasteiger charge is 2.19. The number of hydroxylamine groups is 1. The zero-order valence-electron chi connectivity index (χ0n) is 17.7. The minimum Gasteiger partial charge on any atom is -0.339 e. The van der Waals surface area contributed by atoms with Gasteiger partial charge in [-0.3, -0.25) is 19.6 Å². The molecule has 7 N–H and O–H groups in total. The van der Waals surface area contributed by atoms with Crippen LogP contribution in [0.4, 0.5) is 5.69 Å². The number of hydrogen-bond acceptors (Lipinski definition) is 7. The molecule has 0 aliphatic heterocycles. The average Bonchev–Trinajstić information content (AvgIpc) is 2.84. The first kappa shape index (κ1) is 25.0. The van der Waals surface area contributed by atoms with Crippen molar-refractivity contribution in [1.82, 2.24) is 16.1 Å². The Bertz CT molecular complexity index is 1070. The summed E-state index contributed by atoms with van der Waals surface area (Å²) in [5, 5.41) is 25.2. The molecule has 2 rings (SSSR count). The third kappa shape index (κ3) is 8.44. The number of anilines is 1. The van der Waals surface area contributed by atoms with E-state index in [2.05, 4.69) is 27.8 Å². The van der Waals surface area contributed by atoms with Crippen LogP contribution >= 0.6 is 0 Å². The fourth-order valence-electron chi connectivity index (χ4n) is 2.59. The predicted molar refractivity (Wildman–Crippen MR) is 121 cm³/mol. The largest absolute Gasteiger partial charge is 0.339 e. The van der Waals surface area contributed by atoms with Gasteiger partial charge in [0.2, 0.25) is 5.91 Å². The zero-order valence-corrected chi connectivity index (χ0v) is 17.7. The number of nitriles is 1. The van der Waals surface area contributed by atoms with Crippen molar-refractivity contribution in [2.24, 2.45) is 5.73 Å². The first-order valence-electron chi connectivity index (χ1n) is 10.0. The van der Waals surface area contributed by atoms with Crippen molar-refractivity contribution in [2.45, 2.75) is 12.5 Å². The van der Waals surface area contributed by atoms with Crippen molar-refractivity contribution in [2.75, 3.05) is 25.0 Å². The summed E-state index contributed by atoms with van der Waals surface area (Å²) in [5.74, 6) is 4.47. The van der Waals surface area contributed by atoms with E-state index >= 15 is 0 Å². The van der Waals surface area contributed by atoms with Gasteiger partial charge >= 0.3 is 0 Å². The van der Waals surface area contributed by atoms with Crippen LogP contribution in [0.1, 0.15) is 27.9 Å². The van der Waals surface area contributed by atoms with E-state index in [0.717, 1.165) is 5.56 Å². The topological polar surface area (TPSA) is 169 Å². The lowest BCUT2D eigenvalue weighted by atomic mass is 10.1. The molecule has 10 nitrogen and oxygen atoms in total. The summed E-state index contributed by atoms with van der Waals surface area (Å²) in [5.41, 5.74) is 9.23. The number of rotatable bonds is 9. The number of carbonyl (C=O) groups excluding carboxylic acids is 3. The summed E-state index contributed by atoms with van der Waals surface area (Å²) in [4.78, 5) is 35.4. The average molecular weight is 448 g/mol. The second-order valence-corrected chi connectivity index (χ2v) is 6.78. The van der Waals surface area contributed by atoms with Gasteiger partial charge in [0, 0.05) is 41.9 Å². The van der Waals surface area contributed by atoms with E-state index < -0.39 is 17.9 Å². The van der Waals surface area contributed by atoms with Crippen LogP contribution in [0.5, 0.6) is 0 Å². The summed E-state index contributed by atoms with van der Waals surface area (Å²) >= 11 is 0. The second kappa shape index (κ2) is 13.2. The Kier molecular flexibility index (Phi) is 10.1. The molecule has 0 fully saturated rings. The lowest BCUT2D eigenvalue weighted by Crippen LogP contribution is -2.50. The molecule has 33 heavy (non-hydrogen) atoms. The van der Waals surface area contributed by atoms with Gasteiger partial charge < -0.3 is 21.7 Å². The monoisotopic (exact) mass is 448 g/mol. The molecular weight excluding hydrogens is 424 g/mol. The van der Waals surface area contributed by atoms with E-state index in [1.807, 2.05) is 6.07 Å². The van der Waals surface area contributed by atoms with E-state index in [4.69, 9.17) is 16.2 Å². The minimum atomic E-state index is -1.05. The smallest absolute Gasteiger partial charge is 0.267 e. The molecule has 1 atom stereocenters. The minimum absolute atomic E-state index is 0.124. The van der Waals surface area contributed by atoms with Crippen molar-refractivity contribution in [3.63, 3.8) is 0 Å². The standard InChI is InChI=1S/C23H24N6O4/c24-12-1-13-26-15-21(30)27-19-10-6-17(7-11-19)3-2-16-4-8-18(9-5-16)22(31)28-20(14-25)23(32)29-33/h4-11,20,26,33H,1,13-15,25H2,(H,27,30)(H,28,31)(H,29,32)/t20-/m0/s1. The molecule has 0 radical (unpaired) electrons. The molecule has 10 heteroatoms. The van der Waals surface area contributed by atoms with Gasteiger partial charge in [-0.2, -0.15) is 5.26 Å². The number of hydrogen-bond donors (Lipinski definition) is 6. The highest BCUT2D eigenvalue weighted by atomic mass is 16.5. The molecule has 2 aromatic rings. The van der Waals surface area contributed by atoms with Crippen molar-refractivity contribution < 1.29 is 19.6 Å². The van der Waals surface area contributed by atoms with Crippen molar-refractivity contribution in [3.8, 4) is 17.9 Å². The SMILES string of the molecule is N#CCCNCC(=O)Nc1ccc(C#Cc2ccc(C(=O)N[C@@H](CN)C(=O)NO)cc2)cc1. The third-order valence-electron chi connectivity index (χ3n) is 4.33. The Hall–Kier alpha value is -4.22. The number of nitrogens with two attached hydrogens (primary N) is 1. The number of nitrogens with one attached hydrogen (secondary N) is 4. The van der Waals surface area contributed by atoms with Crippen molar-refractivity contribution >= 4 is 23.4 Å². The molecular formula is C23H24N6O4. The van der Waals surface area contributed by atoms with Crippen LogP contribution in [-0.4, -0.2) is 48.6 Å². The van der Waals surface area contributed by atoms with E-state index in [0.29, 0.717) is 29.8 Å². The summed E-state index contributed by atoms with van der Waals surface area (Å²) in [6, 6.07) is 14.4. The molecule has 0 saturated heterocycles. The Morgan fingerprint density at radius 2 is 1.61 bits per heavy atom. The van der Waals surface area contributed by atoms with Gasteiger partial charge in [-0.25, -0.2) is 5.48 Å². The predicted octanol–water partition coefficient (Wildman–Crippen LogP) is 0.0907. The van der Waals surface area contributed by atoms with E-state index in [1.54, 1.807) is 48.5 Å². The van der Waals surface area contributed by atoms with Gasteiger partial charge in [0.15, 0.2) is 0 Å². The van der Waals surface area contributed by atoms with Gasteiger partial charge in [0.05, 0.1) is 12.6 Å². The fourth-order valence-corrected chi connectivity index (χ4v) is 2.59. The molecule has 0 saturated carbocycles. The Balaban J connectivity index is 1.92. The van der Waals surface area contributed by atoms with Crippen LogP contribution in [-0.2, 0) is 9.59 Å². The number of carbonyl (C=O) groups is 3. The quantitative estimate of drug-likeness (QED) is 0.137. The van der Waals surface area contributed by atoms with Crippen molar-refractivity contribution in [3.05, 3.63) is 65.2 Å². The maximum absolute atomic E-state index is 12.2. The van der Waals surface area contributed by atoms with Crippen LogP contribution in [0, 0.1) is 23.2 Å². The summed E-state index contributed by atoms with van der Waals surface area (Å²) < 4.78 is 0. The Morgan fingerprint density at radius 3 is 2.15 bits per heavy atom. The number of amides is 3. The van der Waals surface area contributed by atoms with Crippen LogP contribution < -0.4 is 27.2 Å². The van der Waals surface area contributed by atoms with E-state index in [-0.39, 0.29) is 19.0 Å². The molecule has 0 aromatic heterocycles. The summed E-state index contributed by atoms with van der Waals surface area (Å²) in [6.45, 7) is 0.418. The van der Waals surface area contributed by atoms with Gasteiger partial charge in [-0.05, 0) is 48.5 Å². The molecule has 2 aromatic carbocycles. The molecule has 0 heterocycles. The summed E-state index contributed by atoms with van der Waals surface area (Å²) in [7, 11) is 0. The van der Waals surface area contributed by atoms with Gasteiger partial charge in [0.25, 0.3) is 11.8 Å². The van der Waals surface area contributed by atoms with Crippen LogP contribution in [0.3, 0.4) is 0 Å². The number of nitrogens with zero attached hydrogens (tertiary/aromatic N) is 1. The Morgan fingerprint density at radius 1 is 1.00 bits per heavy atom. The lowest BCUT2D eigenvalue weighted by molar-refractivity contribution is -0.130. The highest BCUT2D eigenvalue weighted by molar-refractivity contribution is 5.97. The zero-order chi connectivity index (χ0) is 24.1. The highest BCUT2D eigenvalue weighted by Crippen LogP contribution is 2.09. The normalized spacial score (nSPS) is 10.7. The molecule has 0 aliphatic rings. The van der Waals surface area contributed by atoms with E-state index in [9.17, 15) is 14.4 Å². The second-order valence-electron chi connectivity index (χ2n) is 6.78. The van der Waals surface area contributed by atoms with Gasteiger partial charge in [-0.15, -0.1) is 0 Å². The number of benzene rings is 2. The van der Waals surface area contributed by atoms with Crippen LogP contribution in [0.25, 0.3) is 0 Å². The summed E-state index contributed by atoms with van der Waals surface area (Å²) in [6.07, 6.45) is 0.342. The first-order chi connectivity index (χ1) is 16.0. The molecule has 0 bridgehead atoms. The van der Waals surface area contributed by atoms with Gasteiger partial charge in [0.1, 0.15) is 6.04 Å². The third-order valence-corrected chi connectivity index (χ3v) is 4.33.